The second-order valence-electron chi connectivity index (χ2n) is 3.24. The molecule has 1 aliphatic heterocycles. The lowest BCUT2D eigenvalue weighted by Gasteiger charge is -2.18. The Morgan fingerprint density at radius 1 is 1.64 bits per heavy atom. The zero-order chi connectivity index (χ0) is 7.68. The Morgan fingerprint density at radius 3 is 3.36 bits per heavy atom. The van der Waals surface area contributed by atoms with E-state index in [1.54, 1.807) is 0 Å². The molecule has 0 saturated carbocycles. The van der Waals surface area contributed by atoms with Gasteiger partial charge in [-0.2, -0.15) is 0 Å². The van der Waals surface area contributed by atoms with Crippen LogP contribution in [-0.2, 0) is 4.74 Å². The van der Waals surface area contributed by atoms with Gasteiger partial charge in [-0.05, 0) is 25.3 Å². The molecule has 0 aromatic carbocycles. The Morgan fingerprint density at radius 2 is 2.55 bits per heavy atom. The maximum absolute atomic E-state index is 5.64. The van der Waals surface area contributed by atoms with Crippen molar-refractivity contribution in [2.45, 2.75) is 25.9 Å². The predicted molar refractivity (Wildman–Crippen MR) is 45.4 cm³/mol. The minimum absolute atomic E-state index is 0.492. The van der Waals surface area contributed by atoms with E-state index in [1.165, 1.54) is 18.4 Å². The normalized spacial score (nSPS) is 39.5. The van der Waals surface area contributed by atoms with Crippen LogP contribution in [0.2, 0.25) is 0 Å². The van der Waals surface area contributed by atoms with Crippen molar-refractivity contribution in [3.8, 4) is 0 Å². The third kappa shape index (κ3) is 1.14. The largest absolute Gasteiger partial charge is 0.373 e. The van der Waals surface area contributed by atoms with Gasteiger partial charge in [0.15, 0.2) is 0 Å². The molecule has 0 spiro atoms. The molecule has 0 unspecified atom stereocenters. The molecule has 0 radical (unpaired) electrons. The fraction of sp³-hybridized carbons (Fsp3) is 0.600. The number of hydrogen-bond donors (Lipinski definition) is 0. The molecular formula is C10H14O. The van der Waals surface area contributed by atoms with Crippen LogP contribution in [0.5, 0.6) is 0 Å². The topological polar surface area (TPSA) is 9.23 Å². The summed E-state index contributed by atoms with van der Waals surface area (Å²) in [5, 5.41) is 0. The van der Waals surface area contributed by atoms with E-state index in [1.807, 2.05) is 0 Å². The molecule has 1 aliphatic carbocycles. The van der Waals surface area contributed by atoms with E-state index in [9.17, 15) is 0 Å². The maximum Gasteiger partial charge on any atom is 0.0687 e. The van der Waals surface area contributed by atoms with Gasteiger partial charge in [0.25, 0.3) is 0 Å². The van der Waals surface area contributed by atoms with Crippen LogP contribution in [0, 0.1) is 5.92 Å². The quantitative estimate of drug-likeness (QED) is 0.481. The molecule has 11 heavy (non-hydrogen) atoms. The van der Waals surface area contributed by atoms with E-state index < -0.39 is 0 Å². The molecular weight excluding hydrogens is 136 g/mol. The van der Waals surface area contributed by atoms with Crippen LogP contribution in [0.3, 0.4) is 0 Å². The van der Waals surface area contributed by atoms with Crippen LogP contribution < -0.4 is 0 Å². The van der Waals surface area contributed by atoms with Gasteiger partial charge < -0.3 is 4.74 Å². The molecule has 1 fully saturated rings. The first-order valence-corrected chi connectivity index (χ1v) is 4.35. The molecule has 1 heteroatoms. The third-order valence-corrected chi connectivity index (χ3v) is 2.62. The minimum atomic E-state index is 0.492. The summed E-state index contributed by atoms with van der Waals surface area (Å²) in [6, 6.07) is 0. The van der Waals surface area contributed by atoms with Gasteiger partial charge in [0, 0.05) is 5.92 Å². The monoisotopic (exact) mass is 150 g/mol. The van der Waals surface area contributed by atoms with Crippen molar-refractivity contribution in [1.82, 2.24) is 0 Å². The second-order valence-corrected chi connectivity index (χ2v) is 3.24. The SMILES string of the molecule is C/C=C1/CO[C@@H]2CCC=C[C@H]12. The van der Waals surface area contributed by atoms with Crippen LogP contribution >= 0.6 is 0 Å². The van der Waals surface area contributed by atoms with E-state index >= 15 is 0 Å². The number of ether oxygens (including phenoxy) is 1. The first-order valence-electron chi connectivity index (χ1n) is 4.35. The summed E-state index contributed by atoms with van der Waals surface area (Å²) in [5.41, 5.74) is 1.46. The molecule has 0 amide bonds. The Bertz CT molecular complexity index is 203. The first-order chi connectivity index (χ1) is 5.42. The summed E-state index contributed by atoms with van der Waals surface area (Å²) < 4.78 is 5.64. The molecule has 0 bridgehead atoms. The molecule has 0 aromatic rings. The van der Waals surface area contributed by atoms with Gasteiger partial charge in [0.2, 0.25) is 0 Å². The fourth-order valence-electron chi connectivity index (χ4n) is 1.93. The molecule has 2 aliphatic rings. The molecule has 0 N–H and O–H groups in total. The number of allylic oxidation sites excluding steroid dienone is 2. The number of fused-ring (bicyclic) bond motifs is 1. The lowest BCUT2D eigenvalue weighted by atomic mass is 9.89. The summed E-state index contributed by atoms with van der Waals surface area (Å²) >= 11 is 0. The van der Waals surface area contributed by atoms with Crippen molar-refractivity contribution in [3.63, 3.8) is 0 Å². The van der Waals surface area contributed by atoms with E-state index in [4.69, 9.17) is 4.74 Å². The molecule has 1 heterocycles. The lowest BCUT2D eigenvalue weighted by Crippen LogP contribution is -2.17. The van der Waals surface area contributed by atoms with Crippen molar-refractivity contribution >= 4 is 0 Å². The van der Waals surface area contributed by atoms with Gasteiger partial charge in [-0.15, -0.1) is 0 Å². The average Bonchev–Trinajstić information content (AvgIpc) is 2.47. The van der Waals surface area contributed by atoms with Crippen LogP contribution in [-0.4, -0.2) is 12.7 Å². The van der Waals surface area contributed by atoms with E-state index in [-0.39, 0.29) is 0 Å². The highest BCUT2D eigenvalue weighted by atomic mass is 16.5. The maximum atomic E-state index is 5.64. The first kappa shape index (κ1) is 7.11. The summed E-state index contributed by atoms with van der Waals surface area (Å²) in [7, 11) is 0. The summed E-state index contributed by atoms with van der Waals surface area (Å²) in [6.07, 6.45) is 9.67. The van der Waals surface area contributed by atoms with Gasteiger partial charge in [-0.3, -0.25) is 0 Å². The van der Waals surface area contributed by atoms with E-state index in [0.717, 1.165) is 6.61 Å². The van der Waals surface area contributed by atoms with Gasteiger partial charge in [0.05, 0.1) is 12.7 Å². The summed E-state index contributed by atoms with van der Waals surface area (Å²) in [6.45, 7) is 2.96. The smallest absolute Gasteiger partial charge is 0.0687 e. The van der Waals surface area contributed by atoms with Gasteiger partial charge in [0.1, 0.15) is 0 Å². The molecule has 60 valence electrons. The number of rotatable bonds is 0. The Hall–Kier alpha value is -0.560. The molecule has 1 saturated heterocycles. The molecule has 2 rings (SSSR count). The zero-order valence-corrected chi connectivity index (χ0v) is 6.92. The Labute approximate surface area is 67.7 Å². The predicted octanol–water partition coefficient (Wildman–Crippen LogP) is 2.30. The Kier molecular flexibility index (Phi) is 1.82. The van der Waals surface area contributed by atoms with Crippen molar-refractivity contribution < 1.29 is 4.74 Å². The van der Waals surface area contributed by atoms with Crippen LogP contribution in [0.15, 0.2) is 23.8 Å². The molecule has 1 nitrogen and oxygen atoms in total. The highest BCUT2D eigenvalue weighted by Gasteiger charge is 2.30. The Balaban J connectivity index is 2.21. The van der Waals surface area contributed by atoms with E-state index in [0.29, 0.717) is 12.0 Å². The van der Waals surface area contributed by atoms with Gasteiger partial charge in [-0.1, -0.05) is 18.2 Å². The van der Waals surface area contributed by atoms with Crippen LogP contribution in [0.1, 0.15) is 19.8 Å². The summed E-state index contributed by atoms with van der Waals surface area (Å²) in [5.74, 6) is 0.605. The van der Waals surface area contributed by atoms with Crippen molar-refractivity contribution in [1.29, 1.82) is 0 Å². The number of hydrogen-bond acceptors (Lipinski definition) is 1. The highest BCUT2D eigenvalue weighted by Crippen LogP contribution is 2.33. The lowest BCUT2D eigenvalue weighted by molar-refractivity contribution is 0.0906. The zero-order valence-electron chi connectivity index (χ0n) is 6.92. The highest BCUT2D eigenvalue weighted by molar-refractivity contribution is 5.21. The second kappa shape index (κ2) is 2.82. The van der Waals surface area contributed by atoms with Crippen molar-refractivity contribution in [2.75, 3.05) is 6.61 Å². The summed E-state index contributed by atoms with van der Waals surface area (Å²) in [4.78, 5) is 0. The van der Waals surface area contributed by atoms with Gasteiger partial charge in [-0.25, -0.2) is 0 Å². The van der Waals surface area contributed by atoms with Crippen molar-refractivity contribution in [3.05, 3.63) is 23.8 Å². The molecule has 0 aromatic heterocycles. The van der Waals surface area contributed by atoms with Crippen molar-refractivity contribution in [2.24, 2.45) is 5.92 Å². The van der Waals surface area contributed by atoms with E-state index in [2.05, 4.69) is 25.2 Å². The fourth-order valence-corrected chi connectivity index (χ4v) is 1.93. The molecule has 2 atom stereocenters. The van der Waals surface area contributed by atoms with Crippen LogP contribution in [0.4, 0.5) is 0 Å². The van der Waals surface area contributed by atoms with Gasteiger partial charge >= 0.3 is 0 Å². The average molecular weight is 150 g/mol. The standard InChI is InChI=1S/C10H14O/c1-2-8-7-11-10-6-4-3-5-9(8)10/h2-3,5,9-10H,4,6-7H2,1H3/b8-2-/t9-,10-/m1/s1. The third-order valence-electron chi connectivity index (χ3n) is 2.62. The van der Waals surface area contributed by atoms with Crippen LogP contribution in [0.25, 0.3) is 0 Å². The minimum Gasteiger partial charge on any atom is -0.373 e.